The van der Waals surface area contributed by atoms with E-state index < -0.39 is 62.1 Å². The zero-order valence-corrected chi connectivity index (χ0v) is 32.1. The van der Waals surface area contributed by atoms with Crippen molar-refractivity contribution in [3.8, 4) is 11.6 Å². The quantitative estimate of drug-likeness (QED) is 0.219. The van der Waals surface area contributed by atoms with Crippen molar-refractivity contribution in [3.63, 3.8) is 0 Å². The topological polar surface area (TPSA) is 172 Å². The van der Waals surface area contributed by atoms with Crippen molar-refractivity contribution in [2.45, 2.75) is 82.4 Å². The van der Waals surface area contributed by atoms with E-state index in [1.165, 1.54) is 11.0 Å². The number of carbonyl (C=O) groups is 3. The average Bonchev–Trinajstić information content (AvgIpc) is 4.03. The molecular weight excluding hydrogens is 699 g/mol. The lowest BCUT2D eigenvalue weighted by molar-refractivity contribution is -0.141. The number of carbonyl (C=O) groups excluding carboxylic acids is 3. The molecule has 0 spiro atoms. The zero-order valence-electron chi connectivity index (χ0n) is 31.3. The van der Waals surface area contributed by atoms with Gasteiger partial charge in [0.15, 0.2) is 0 Å². The predicted octanol–water partition coefficient (Wildman–Crippen LogP) is 3.56. The number of aromatic nitrogens is 2. The van der Waals surface area contributed by atoms with Crippen LogP contribution in [0.15, 0.2) is 55.1 Å². The number of anilines is 2. The second-order valence-corrected chi connectivity index (χ2v) is 17.5. The Kier molecular flexibility index (Phi) is 10.1. The van der Waals surface area contributed by atoms with Gasteiger partial charge in [-0.15, -0.1) is 6.58 Å². The molecule has 2 aromatic heterocycles. The molecule has 1 aliphatic heterocycles. The Morgan fingerprint density at radius 3 is 2.42 bits per heavy atom. The van der Waals surface area contributed by atoms with Crippen LogP contribution in [0.4, 0.5) is 11.6 Å². The summed E-state index contributed by atoms with van der Waals surface area (Å²) in [6.07, 6.45) is 2.05. The average molecular weight is 748 g/mol. The van der Waals surface area contributed by atoms with Gasteiger partial charge in [-0.3, -0.25) is 19.1 Å². The Bertz CT molecular complexity index is 2050. The number of hydrogen-bond donors (Lipinski definition) is 3. The summed E-state index contributed by atoms with van der Waals surface area (Å²) in [5.41, 5.74) is -1.37. The molecule has 2 aliphatic carbocycles. The SMILES string of the molecule is C=C[C@@H]1C[C@]1(NC(=O)[C@@H]1C[C@@H](Oc2nc(N(C)C)cc3c(OC)cccc23)CN1C(=O)[C@H](Nc1cccc(C)n1)C(C)(C)C)C(=O)NS(=O)(=O)C1CC1. The van der Waals surface area contributed by atoms with Crippen LogP contribution < -0.4 is 29.7 Å². The first-order valence-corrected chi connectivity index (χ1v) is 19.3. The lowest BCUT2D eigenvalue weighted by Crippen LogP contribution is -2.58. The third-order valence-corrected chi connectivity index (χ3v) is 12.0. The number of nitrogens with zero attached hydrogens (tertiary/aromatic N) is 4. The molecule has 1 saturated heterocycles. The number of methoxy groups -OCH3 is 1. The minimum absolute atomic E-state index is 0.0336. The van der Waals surface area contributed by atoms with E-state index in [-0.39, 0.29) is 25.3 Å². The maximum absolute atomic E-state index is 14.7. The molecule has 3 aromatic rings. The Labute approximate surface area is 310 Å². The van der Waals surface area contributed by atoms with Crippen LogP contribution in [0.2, 0.25) is 0 Å². The highest BCUT2D eigenvalue weighted by atomic mass is 32.2. The second kappa shape index (κ2) is 14.1. The number of sulfonamides is 1. The fourth-order valence-corrected chi connectivity index (χ4v) is 8.20. The maximum Gasteiger partial charge on any atom is 0.259 e. The Hall–Kier alpha value is -4.92. The van der Waals surface area contributed by atoms with Crippen molar-refractivity contribution >= 4 is 50.2 Å². The molecule has 0 radical (unpaired) electrons. The first-order chi connectivity index (χ1) is 25.0. The van der Waals surface area contributed by atoms with Crippen LogP contribution in [0.25, 0.3) is 10.8 Å². The first kappa shape index (κ1) is 37.8. The van der Waals surface area contributed by atoms with Gasteiger partial charge in [0.05, 0.1) is 18.9 Å². The fraction of sp³-hybridized carbons (Fsp3) is 0.500. The fourth-order valence-electron chi connectivity index (χ4n) is 6.84. The largest absolute Gasteiger partial charge is 0.496 e. The van der Waals surface area contributed by atoms with Gasteiger partial charge in [-0.25, -0.2) is 13.4 Å². The summed E-state index contributed by atoms with van der Waals surface area (Å²) in [6, 6.07) is 11.1. The second-order valence-electron chi connectivity index (χ2n) is 15.5. The van der Waals surface area contributed by atoms with Crippen LogP contribution >= 0.6 is 0 Å². The highest BCUT2D eigenvalue weighted by molar-refractivity contribution is 7.91. The summed E-state index contributed by atoms with van der Waals surface area (Å²) in [6.45, 7) is 11.5. The van der Waals surface area contributed by atoms with E-state index in [2.05, 4.69) is 26.9 Å². The molecule has 3 aliphatic rings. The van der Waals surface area contributed by atoms with Crippen molar-refractivity contribution in [1.29, 1.82) is 0 Å². The van der Waals surface area contributed by atoms with E-state index in [1.807, 2.05) is 83.1 Å². The van der Waals surface area contributed by atoms with E-state index in [0.29, 0.717) is 41.5 Å². The molecule has 3 amide bonds. The van der Waals surface area contributed by atoms with Gasteiger partial charge in [-0.2, -0.15) is 4.98 Å². The van der Waals surface area contributed by atoms with E-state index in [0.717, 1.165) is 11.1 Å². The van der Waals surface area contributed by atoms with Crippen molar-refractivity contribution < 1.29 is 32.3 Å². The van der Waals surface area contributed by atoms with Gasteiger partial charge in [0, 0.05) is 42.9 Å². The smallest absolute Gasteiger partial charge is 0.259 e. The van der Waals surface area contributed by atoms with E-state index in [1.54, 1.807) is 13.2 Å². The number of fused-ring (bicyclic) bond motifs is 1. The summed E-state index contributed by atoms with van der Waals surface area (Å²) < 4.78 is 39.9. The van der Waals surface area contributed by atoms with Crippen LogP contribution in [0, 0.1) is 18.3 Å². The van der Waals surface area contributed by atoms with E-state index in [9.17, 15) is 22.8 Å². The zero-order chi connectivity index (χ0) is 38.5. The molecule has 0 unspecified atom stereocenters. The first-order valence-electron chi connectivity index (χ1n) is 17.8. The Balaban J connectivity index is 1.34. The number of amides is 3. The maximum atomic E-state index is 14.7. The monoisotopic (exact) mass is 747 g/mol. The Morgan fingerprint density at radius 1 is 1.09 bits per heavy atom. The molecule has 15 heteroatoms. The highest BCUT2D eigenvalue weighted by Crippen LogP contribution is 2.46. The van der Waals surface area contributed by atoms with E-state index in [4.69, 9.17) is 14.5 Å². The molecule has 3 N–H and O–H groups in total. The molecule has 1 aromatic carbocycles. The minimum atomic E-state index is -3.88. The molecule has 14 nitrogen and oxygen atoms in total. The van der Waals surface area contributed by atoms with Crippen molar-refractivity contribution in [1.82, 2.24) is 24.9 Å². The molecule has 0 bridgehead atoms. The molecule has 5 atom stereocenters. The normalized spacial score (nSPS) is 23.2. The molecule has 2 saturated carbocycles. The summed E-state index contributed by atoms with van der Waals surface area (Å²) in [5.74, 6) is -0.182. The van der Waals surface area contributed by atoms with Crippen LogP contribution in [-0.4, -0.2) is 97.7 Å². The number of hydrogen-bond acceptors (Lipinski definition) is 11. The van der Waals surface area contributed by atoms with Crippen molar-refractivity contribution in [2.75, 3.05) is 38.0 Å². The number of aryl methyl sites for hydroxylation is 1. The van der Waals surface area contributed by atoms with Crippen molar-refractivity contribution in [3.05, 3.63) is 60.8 Å². The summed E-state index contributed by atoms with van der Waals surface area (Å²) in [4.78, 5) is 55.4. The van der Waals surface area contributed by atoms with E-state index >= 15 is 0 Å². The van der Waals surface area contributed by atoms with Gasteiger partial charge < -0.3 is 29.9 Å². The van der Waals surface area contributed by atoms with Gasteiger partial charge >= 0.3 is 0 Å². The van der Waals surface area contributed by atoms with Gasteiger partial charge in [0.1, 0.15) is 41.1 Å². The number of nitrogens with one attached hydrogen (secondary N) is 3. The van der Waals surface area contributed by atoms with Crippen LogP contribution in [-0.2, 0) is 24.4 Å². The minimum Gasteiger partial charge on any atom is -0.496 e. The number of rotatable bonds is 13. The molecular formula is C38H49N7O7S. The lowest BCUT2D eigenvalue weighted by atomic mass is 9.85. The van der Waals surface area contributed by atoms with Crippen LogP contribution in [0.1, 0.15) is 52.1 Å². The van der Waals surface area contributed by atoms with Gasteiger partial charge in [-0.1, -0.05) is 39.0 Å². The van der Waals surface area contributed by atoms with Gasteiger partial charge in [-0.05, 0) is 61.9 Å². The molecule has 6 rings (SSSR count). The standard InChI is InChI=1S/C38H49N7O7S/c1-9-23-20-38(23,36(48)43-53(49,50)25-16-17-25)42-33(46)28-18-24(52-34-26-13-11-14-29(51-8)27(26)19-31(41-34)44(6)7)21-45(28)35(47)32(37(3,4)5)40-30-15-10-12-22(2)39-30/h9-15,19,23-25,28,32H,1,16-18,20-21H2,2-8H3,(H,39,40)(H,42,46)(H,43,48)/t23-,24-,28+,32+,38-/m1/s1. The predicted molar refractivity (Wildman–Crippen MR) is 202 cm³/mol. The number of pyridine rings is 2. The third-order valence-electron chi connectivity index (χ3n) is 10.1. The Morgan fingerprint density at radius 2 is 1.81 bits per heavy atom. The van der Waals surface area contributed by atoms with Crippen molar-refractivity contribution in [2.24, 2.45) is 11.3 Å². The lowest BCUT2D eigenvalue weighted by Gasteiger charge is -2.36. The number of ether oxygens (including phenoxy) is 2. The van der Waals surface area contributed by atoms with Gasteiger partial charge in [0.2, 0.25) is 27.7 Å². The summed E-state index contributed by atoms with van der Waals surface area (Å²) in [5, 5.41) is 7.01. The van der Waals surface area contributed by atoms with Crippen LogP contribution in [0.5, 0.6) is 11.6 Å². The number of likely N-dealkylation sites (tertiary alicyclic amines) is 1. The summed E-state index contributed by atoms with van der Waals surface area (Å²) in [7, 11) is 1.44. The molecule has 3 heterocycles. The molecule has 3 fully saturated rings. The third kappa shape index (κ3) is 7.75. The summed E-state index contributed by atoms with van der Waals surface area (Å²) >= 11 is 0. The van der Waals surface area contributed by atoms with Gasteiger partial charge in [0.25, 0.3) is 5.91 Å². The molecule has 53 heavy (non-hydrogen) atoms. The number of benzene rings is 1. The van der Waals surface area contributed by atoms with Crippen LogP contribution in [0.3, 0.4) is 0 Å². The highest BCUT2D eigenvalue weighted by Gasteiger charge is 2.62. The molecule has 284 valence electrons.